The number of Topliss-reactive ketones (excluding diaryl/α,β-unsaturated/α-hetero) is 1. The van der Waals surface area contributed by atoms with Crippen molar-refractivity contribution in [1.29, 1.82) is 0 Å². The Balaban J connectivity index is 2.18. The third-order valence-corrected chi connectivity index (χ3v) is 3.61. The number of nitrogen functional groups attached to an aromatic ring is 1. The smallest absolute Gasteiger partial charge is 0.168 e. The van der Waals surface area contributed by atoms with Crippen molar-refractivity contribution in [3.05, 3.63) is 44.8 Å². The lowest BCUT2D eigenvalue weighted by atomic mass is 10.1. The Kier molecular flexibility index (Phi) is 3.36. The van der Waals surface area contributed by atoms with Crippen molar-refractivity contribution < 1.29 is 4.79 Å². The van der Waals surface area contributed by atoms with Gasteiger partial charge in [0.1, 0.15) is 0 Å². The zero-order valence-corrected chi connectivity index (χ0v) is 10.7. The minimum atomic E-state index is 0.0740. The maximum absolute atomic E-state index is 11.9. The lowest BCUT2D eigenvalue weighted by Crippen LogP contribution is -2.02. The van der Waals surface area contributed by atoms with Gasteiger partial charge in [-0.25, -0.2) is 0 Å². The maximum Gasteiger partial charge on any atom is 0.168 e. The van der Waals surface area contributed by atoms with Crippen molar-refractivity contribution in [1.82, 2.24) is 4.98 Å². The van der Waals surface area contributed by atoms with Gasteiger partial charge in [0, 0.05) is 33.2 Å². The van der Waals surface area contributed by atoms with E-state index in [1.54, 1.807) is 29.9 Å². The molecule has 0 saturated heterocycles. The molecule has 2 rings (SSSR count). The van der Waals surface area contributed by atoms with Crippen molar-refractivity contribution >= 4 is 38.7 Å². The van der Waals surface area contributed by atoms with E-state index in [1.807, 2.05) is 0 Å². The third kappa shape index (κ3) is 2.48. The average Bonchev–Trinajstić information content (AvgIpc) is 2.74. The molecule has 0 spiro atoms. The van der Waals surface area contributed by atoms with Crippen LogP contribution >= 0.6 is 27.3 Å². The summed E-state index contributed by atoms with van der Waals surface area (Å²) in [6.07, 6.45) is 2.11. The Labute approximate surface area is 105 Å². The molecule has 1 aromatic heterocycles. The number of rotatable bonds is 3. The summed E-state index contributed by atoms with van der Waals surface area (Å²) in [7, 11) is 0. The fourth-order valence-electron chi connectivity index (χ4n) is 1.29. The van der Waals surface area contributed by atoms with Crippen LogP contribution in [-0.4, -0.2) is 10.8 Å². The van der Waals surface area contributed by atoms with E-state index >= 15 is 0 Å². The molecule has 0 radical (unpaired) electrons. The zero-order chi connectivity index (χ0) is 11.5. The van der Waals surface area contributed by atoms with Crippen LogP contribution < -0.4 is 5.73 Å². The van der Waals surface area contributed by atoms with Crippen molar-refractivity contribution in [2.24, 2.45) is 0 Å². The quantitative estimate of drug-likeness (QED) is 0.700. The summed E-state index contributed by atoms with van der Waals surface area (Å²) in [5, 5.41) is 0. The second-order valence-corrected chi connectivity index (χ2v) is 5.13. The lowest BCUT2D eigenvalue weighted by Gasteiger charge is -2.02. The number of nitrogens with two attached hydrogens (primary N) is 1. The summed E-state index contributed by atoms with van der Waals surface area (Å²) in [5.74, 6) is 0.0740. The summed E-state index contributed by atoms with van der Waals surface area (Å²) >= 11 is 4.79. The first kappa shape index (κ1) is 11.3. The van der Waals surface area contributed by atoms with Gasteiger partial charge in [0.05, 0.1) is 5.51 Å². The van der Waals surface area contributed by atoms with E-state index in [9.17, 15) is 4.79 Å². The molecule has 0 fully saturated rings. The van der Waals surface area contributed by atoms with Crippen LogP contribution in [0.3, 0.4) is 0 Å². The van der Waals surface area contributed by atoms with Gasteiger partial charge in [-0.05, 0) is 34.1 Å². The molecule has 0 aliphatic heterocycles. The van der Waals surface area contributed by atoms with Crippen molar-refractivity contribution in [3.63, 3.8) is 0 Å². The minimum absolute atomic E-state index is 0.0740. The largest absolute Gasteiger partial charge is 0.398 e. The van der Waals surface area contributed by atoms with Gasteiger partial charge >= 0.3 is 0 Å². The monoisotopic (exact) mass is 296 g/mol. The number of carbonyl (C=O) groups excluding carboxylic acids is 1. The first-order valence-corrected chi connectivity index (χ1v) is 6.29. The lowest BCUT2D eigenvalue weighted by molar-refractivity contribution is 0.0993. The van der Waals surface area contributed by atoms with E-state index in [1.165, 1.54) is 11.3 Å². The summed E-state index contributed by atoms with van der Waals surface area (Å²) < 4.78 is 0.752. The van der Waals surface area contributed by atoms with Gasteiger partial charge in [-0.2, -0.15) is 0 Å². The van der Waals surface area contributed by atoms with Gasteiger partial charge in [-0.15, -0.1) is 11.3 Å². The molecule has 0 bridgehead atoms. The fraction of sp³-hybridized carbons (Fsp3) is 0.0909. The predicted molar refractivity (Wildman–Crippen MR) is 68.7 cm³/mol. The molecule has 0 atom stereocenters. The molecule has 5 heteroatoms. The zero-order valence-electron chi connectivity index (χ0n) is 8.31. The third-order valence-electron chi connectivity index (χ3n) is 2.14. The highest BCUT2D eigenvalue weighted by Gasteiger charge is 2.09. The average molecular weight is 297 g/mol. The molecule has 16 heavy (non-hydrogen) atoms. The van der Waals surface area contributed by atoms with Crippen molar-refractivity contribution in [3.8, 4) is 0 Å². The molecule has 2 N–H and O–H groups in total. The molecule has 1 aromatic carbocycles. The number of anilines is 1. The minimum Gasteiger partial charge on any atom is -0.398 e. The molecular weight excluding hydrogens is 288 g/mol. The molecule has 3 nitrogen and oxygen atoms in total. The number of benzene rings is 1. The molecular formula is C11H9BrN2OS. The summed E-state index contributed by atoms with van der Waals surface area (Å²) in [4.78, 5) is 16.8. The van der Waals surface area contributed by atoms with Crippen LogP contribution in [0.25, 0.3) is 0 Å². The molecule has 82 valence electrons. The highest BCUT2D eigenvalue weighted by atomic mass is 79.9. The van der Waals surface area contributed by atoms with Crippen molar-refractivity contribution in [2.75, 3.05) is 5.73 Å². The molecule has 0 saturated carbocycles. The molecule has 0 unspecified atom stereocenters. The molecule has 0 aliphatic carbocycles. The molecule has 0 aliphatic rings. The summed E-state index contributed by atoms with van der Waals surface area (Å²) in [5.41, 5.74) is 8.68. The first-order chi connectivity index (χ1) is 7.66. The van der Waals surface area contributed by atoms with Gasteiger partial charge in [-0.1, -0.05) is 0 Å². The molecule has 2 aromatic rings. The van der Waals surface area contributed by atoms with Crippen LogP contribution in [-0.2, 0) is 6.42 Å². The van der Waals surface area contributed by atoms with Crippen LogP contribution in [0, 0.1) is 0 Å². The van der Waals surface area contributed by atoms with Gasteiger partial charge < -0.3 is 5.73 Å². The number of hydrogen-bond donors (Lipinski definition) is 1. The highest BCUT2D eigenvalue weighted by molar-refractivity contribution is 9.10. The second-order valence-electron chi connectivity index (χ2n) is 3.30. The van der Waals surface area contributed by atoms with Gasteiger partial charge in [0.15, 0.2) is 5.78 Å². The molecule has 0 amide bonds. The normalized spacial score (nSPS) is 10.3. The fourth-order valence-corrected chi connectivity index (χ4v) is 2.26. The van der Waals surface area contributed by atoms with Crippen LogP contribution in [0.1, 0.15) is 15.2 Å². The van der Waals surface area contributed by atoms with E-state index in [0.717, 1.165) is 9.35 Å². The number of hydrogen-bond acceptors (Lipinski definition) is 4. The Morgan fingerprint density at radius 1 is 1.50 bits per heavy atom. The van der Waals surface area contributed by atoms with Crippen LogP contribution in [0.4, 0.5) is 5.69 Å². The number of nitrogens with zero attached hydrogens (tertiary/aromatic N) is 1. The van der Waals surface area contributed by atoms with E-state index in [-0.39, 0.29) is 5.78 Å². The van der Waals surface area contributed by atoms with E-state index in [4.69, 9.17) is 5.73 Å². The van der Waals surface area contributed by atoms with Crippen LogP contribution in [0.2, 0.25) is 0 Å². The number of thiazole rings is 1. The number of halogens is 1. The van der Waals surface area contributed by atoms with Crippen LogP contribution in [0.15, 0.2) is 34.4 Å². The Bertz CT molecular complexity index is 511. The molecule has 1 heterocycles. The first-order valence-electron chi connectivity index (χ1n) is 4.62. The second kappa shape index (κ2) is 4.76. The topological polar surface area (TPSA) is 56.0 Å². The summed E-state index contributed by atoms with van der Waals surface area (Å²) in [6, 6.07) is 5.21. The predicted octanol–water partition coefficient (Wildman–Crippen LogP) is 2.91. The van der Waals surface area contributed by atoms with E-state index in [0.29, 0.717) is 17.7 Å². The Hall–Kier alpha value is -1.20. The van der Waals surface area contributed by atoms with Gasteiger partial charge in [0.25, 0.3) is 0 Å². The van der Waals surface area contributed by atoms with E-state index < -0.39 is 0 Å². The Morgan fingerprint density at radius 2 is 2.31 bits per heavy atom. The van der Waals surface area contributed by atoms with E-state index in [2.05, 4.69) is 20.9 Å². The number of carbonyl (C=O) groups is 1. The number of ketones is 1. The van der Waals surface area contributed by atoms with Crippen LogP contribution in [0.5, 0.6) is 0 Å². The maximum atomic E-state index is 11.9. The van der Waals surface area contributed by atoms with Gasteiger partial charge in [-0.3, -0.25) is 9.78 Å². The van der Waals surface area contributed by atoms with Crippen molar-refractivity contribution in [2.45, 2.75) is 6.42 Å². The Morgan fingerprint density at radius 3 is 2.94 bits per heavy atom. The SMILES string of the molecule is Nc1ccc(C(=O)Cc2cncs2)cc1Br. The number of aromatic nitrogens is 1. The summed E-state index contributed by atoms with van der Waals surface area (Å²) in [6.45, 7) is 0. The van der Waals surface area contributed by atoms with Gasteiger partial charge in [0.2, 0.25) is 0 Å². The standard InChI is InChI=1S/C11H9BrN2OS/c12-9-3-7(1-2-10(9)13)11(15)4-8-5-14-6-16-8/h1-3,5-6H,4,13H2. The highest BCUT2D eigenvalue weighted by Crippen LogP contribution is 2.21.